The standard InChI is InChI=1S/C20H17F2NO5/c1-20(9-25-10-20)11-26-12-27-14-4-2-13(3-5-14)19(24)28-15-6-17(21)16(8-23)18(22)7-15/h2-7H,9-12H2,1H3. The molecule has 0 saturated carbocycles. The lowest BCUT2D eigenvalue weighted by Gasteiger charge is -2.37. The van der Waals surface area contributed by atoms with Crippen molar-refractivity contribution in [3.63, 3.8) is 0 Å². The Morgan fingerprint density at radius 1 is 1.18 bits per heavy atom. The lowest BCUT2D eigenvalue weighted by Crippen LogP contribution is -2.43. The van der Waals surface area contributed by atoms with Gasteiger partial charge in [-0.25, -0.2) is 13.6 Å². The van der Waals surface area contributed by atoms with Crippen molar-refractivity contribution in [3.05, 3.63) is 59.2 Å². The maximum absolute atomic E-state index is 13.6. The van der Waals surface area contributed by atoms with E-state index in [4.69, 9.17) is 24.2 Å². The molecule has 1 fully saturated rings. The monoisotopic (exact) mass is 389 g/mol. The van der Waals surface area contributed by atoms with E-state index in [1.54, 1.807) is 12.1 Å². The molecule has 1 aliphatic heterocycles. The highest BCUT2D eigenvalue weighted by atomic mass is 19.1. The van der Waals surface area contributed by atoms with Crippen LogP contribution in [-0.4, -0.2) is 32.6 Å². The van der Waals surface area contributed by atoms with Gasteiger partial charge in [-0.15, -0.1) is 0 Å². The highest BCUT2D eigenvalue weighted by molar-refractivity contribution is 5.91. The Hall–Kier alpha value is -3.02. The van der Waals surface area contributed by atoms with Crippen molar-refractivity contribution in [2.45, 2.75) is 6.92 Å². The predicted molar refractivity (Wildman–Crippen MR) is 92.8 cm³/mol. The first-order valence-electron chi connectivity index (χ1n) is 8.40. The molecule has 1 heterocycles. The van der Waals surface area contributed by atoms with Crippen molar-refractivity contribution in [2.75, 3.05) is 26.6 Å². The maximum Gasteiger partial charge on any atom is 0.343 e. The summed E-state index contributed by atoms with van der Waals surface area (Å²) in [6.45, 7) is 3.97. The summed E-state index contributed by atoms with van der Waals surface area (Å²) in [5.41, 5.74) is -0.540. The maximum atomic E-state index is 13.6. The molecule has 0 amide bonds. The Balaban J connectivity index is 1.53. The molecule has 0 bridgehead atoms. The molecule has 0 aliphatic carbocycles. The first-order chi connectivity index (χ1) is 13.4. The van der Waals surface area contributed by atoms with Gasteiger partial charge in [0.2, 0.25) is 0 Å². The third kappa shape index (κ3) is 4.63. The van der Waals surface area contributed by atoms with Gasteiger partial charge >= 0.3 is 5.97 Å². The molecule has 8 heteroatoms. The Kier molecular flexibility index (Phi) is 5.87. The molecule has 1 aliphatic rings. The fourth-order valence-corrected chi connectivity index (χ4v) is 2.50. The van der Waals surface area contributed by atoms with E-state index >= 15 is 0 Å². The molecule has 3 rings (SSSR count). The quantitative estimate of drug-likeness (QED) is 0.312. The molecular weight excluding hydrogens is 372 g/mol. The first-order valence-corrected chi connectivity index (χ1v) is 8.40. The van der Waals surface area contributed by atoms with Gasteiger partial charge in [0.1, 0.15) is 34.8 Å². The minimum absolute atomic E-state index is 0.0291. The van der Waals surface area contributed by atoms with Crippen LogP contribution in [0, 0.1) is 28.4 Å². The van der Waals surface area contributed by atoms with Crippen LogP contribution in [0.3, 0.4) is 0 Å². The number of nitriles is 1. The molecule has 0 unspecified atom stereocenters. The summed E-state index contributed by atoms with van der Waals surface area (Å²) >= 11 is 0. The van der Waals surface area contributed by atoms with Gasteiger partial charge in [0.05, 0.1) is 25.4 Å². The van der Waals surface area contributed by atoms with Gasteiger partial charge in [0, 0.05) is 17.5 Å². The zero-order valence-corrected chi connectivity index (χ0v) is 15.0. The molecule has 0 spiro atoms. The average molecular weight is 389 g/mol. The molecule has 2 aromatic carbocycles. The third-order valence-electron chi connectivity index (χ3n) is 4.09. The SMILES string of the molecule is CC1(COCOc2ccc(C(=O)Oc3cc(F)c(C#N)c(F)c3)cc2)COC1. The number of benzene rings is 2. The van der Waals surface area contributed by atoms with Gasteiger partial charge in [-0.1, -0.05) is 6.92 Å². The van der Waals surface area contributed by atoms with Crippen LogP contribution >= 0.6 is 0 Å². The molecule has 0 atom stereocenters. The number of rotatable bonds is 7. The number of halogens is 2. The second-order valence-electron chi connectivity index (χ2n) is 6.70. The highest BCUT2D eigenvalue weighted by Gasteiger charge is 2.33. The molecule has 2 aromatic rings. The van der Waals surface area contributed by atoms with Crippen molar-refractivity contribution in [1.82, 2.24) is 0 Å². The molecule has 146 valence electrons. The smallest absolute Gasteiger partial charge is 0.343 e. The van der Waals surface area contributed by atoms with Gasteiger partial charge < -0.3 is 18.9 Å². The Bertz CT molecular complexity index is 881. The summed E-state index contributed by atoms with van der Waals surface area (Å²) < 4.78 is 48.1. The second-order valence-corrected chi connectivity index (χ2v) is 6.70. The number of carbonyl (C=O) groups excluding carboxylic acids is 1. The summed E-state index contributed by atoms with van der Waals surface area (Å²) in [7, 11) is 0. The van der Waals surface area contributed by atoms with Gasteiger partial charge in [0.25, 0.3) is 0 Å². The highest BCUT2D eigenvalue weighted by Crippen LogP contribution is 2.26. The van der Waals surface area contributed by atoms with E-state index in [2.05, 4.69) is 6.92 Å². The lowest BCUT2D eigenvalue weighted by molar-refractivity contribution is -0.151. The van der Waals surface area contributed by atoms with Crippen LogP contribution in [-0.2, 0) is 9.47 Å². The minimum Gasteiger partial charge on any atom is -0.468 e. The average Bonchev–Trinajstić information content (AvgIpc) is 2.64. The van der Waals surface area contributed by atoms with E-state index in [0.717, 1.165) is 12.1 Å². The van der Waals surface area contributed by atoms with Gasteiger partial charge in [-0.2, -0.15) is 5.26 Å². The zero-order valence-electron chi connectivity index (χ0n) is 15.0. The van der Waals surface area contributed by atoms with Crippen LogP contribution in [0.4, 0.5) is 8.78 Å². The fraction of sp³-hybridized carbons (Fsp3) is 0.300. The van der Waals surface area contributed by atoms with E-state index in [1.807, 2.05) is 0 Å². The Labute approximate surface area is 160 Å². The van der Waals surface area contributed by atoms with Crippen LogP contribution in [0.1, 0.15) is 22.8 Å². The van der Waals surface area contributed by atoms with Crippen LogP contribution in [0.25, 0.3) is 0 Å². The molecule has 0 radical (unpaired) electrons. The first kappa shape index (κ1) is 19.7. The zero-order chi connectivity index (χ0) is 20.1. The Morgan fingerprint density at radius 2 is 1.82 bits per heavy atom. The molecule has 0 aromatic heterocycles. The van der Waals surface area contributed by atoms with Gasteiger partial charge in [-0.05, 0) is 24.3 Å². The fourth-order valence-electron chi connectivity index (χ4n) is 2.50. The minimum atomic E-state index is -1.10. The number of carbonyl (C=O) groups is 1. The van der Waals surface area contributed by atoms with E-state index in [-0.39, 0.29) is 23.5 Å². The van der Waals surface area contributed by atoms with Crippen LogP contribution < -0.4 is 9.47 Å². The summed E-state index contributed by atoms with van der Waals surface area (Å²) in [6.07, 6.45) is 0. The van der Waals surface area contributed by atoms with E-state index in [1.165, 1.54) is 18.2 Å². The van der Waals surface area contributed by atoms with Crippen molar-refractivity contribution in [1.29, 1.82) is 5.26 Å². The van der Waals surface area contributed by atoms with Crippen molar-refractivity contribution in [2.24, 2.45) is 5.41 Å². The molecule has 28 heavy (non-hydrogen) atoms. The third-order valence-corrected chi connectivity index (χ3v) is 4.09. The topological polar surface area (TPSA) is 77.8 Å². The van der Waals surface area contributed by atoms with Crippen LogP contribution in [0.2, 0.25) is 0 Å². The largest absolute Gasteiger partial charge is 0.468 e. The molecule has 0 N–H and O–H groups in total. The normalized spacial score (nSPS) is 14.6. The van der Waals surface area contributed by atoms with Crippen molar-refractivity contribution >= 4 is 5.97 Å². The van der Waals surface area contributed by atoms with Gasteiger partial charge in [-0.3, -0.25) is 0 Å². The van der Waals surface area contributed by atoms with Gasteiger partial charge in [0.15, 0.2) is 6.79 Å². The molecule has 1 saturated heterocycles. The Morgan fingerprint density at radius 3 is 2.36 bits per heavy atom. The number of ether oxygens (including phenoxy) is 4. The number of nitrogens with zero attached hydrogens (tertiary/aromatic N) is 1. The number of hydrogen-bond acceptors (Lipinski definition) is 6. The summed E-state index contributed by atoms with van der Waals surface area (Å²) in [5.74, 6) is -2.85. The second kappa shape index (κ2) is 8.33. The van der Waals surface area contributed by atoms with E-state index in [0.29, 0.717) is 25.6 Å². The predicted octanol–water partition coefficient (Wildman–Crippen LogP) is 3.45. The van der Waals surface area contributed by atoms with Crippen molar-refractivity contribution in [3.8, 4) is 17.6 Å². The van der Waals surface area contributed by atoms with Crippen LogP contribution in [0.5, 0.6) is 11.5 Å². The molecular formula is C20H17F2NO5. The number of esters is 1. The van der Waals surface area contributed by atoms with Crippen molar-refractivity contribution < 1.29 is 32.5 Å². The summed E-state index contributed by atoms with van der Waals surface area (Å²) in [5, 5.41) is 8.64. The summed E-state index contributed by atoms with van der Waals surface area (Å²) in [4.78, 5) is 12.1. The summed E-state index contributed by atoms with van der Waals surface area (Å²) in [6, 6.07) is 8.96. The number of hydrogen-bond donors (Lipinski definition) is 0. The lowest BCUT2D eigenvalue weighted by atomic mass is 9.90. The van der Waals surface area contributed by atoms with E-state index in [9.17, 15) is 13.6 Å². The molecule has 6 nitrogen and oxygen atoms in total. The van der Waals surface area contributed by atoms with Crippen LogP contribution in [0.15, 0.2) is 36.4 Å². The van der Waals surface area contributed by atoms with E-state index < -0.39 is 23.2 Å².